The first kappa shape index (κ1) is 24.7. The van der Waals surface area contributed by atoms with Crippen molar-refractivity contribution in [2.45, 2.75) is 38.5 Å². The van der Waals surface area contributed by atoms with Gasteiger partial charge in [-0.3, -0.25) is 9.10 Å². The molecule has 7 nitrogen and oxygen atoms in total. The molecule has 0 spiro atoms. The first-order valence-electron chi connectivity index (χ1n) is 10.4. The van der Waals surface area contributed by atoms with Crippen LogP contribution in [0.5, 0.6) is 5.75 Å². The van der Waals surface area contributed by atoms with E-state index in [1.54, 1.807) is 49.6 Å². The zero-order chi connectivity index (χ0) is 22.9. The molecule has 2 rings (SSSR count). The summed E-state index contributed by atoms with van der Waals surface area (Å²) >= 11 is 0. The molecular weight excluding hydrogens is 416 g/mol. The van der Waals surface area contributed by atoms with Crippen molar-refractivity contribution >= 4 is 21.6 Å². The molecule has 0 fully saturated rings. The minimum absolute atomic E-state index is 0.0267. The largest absolute Gasteiger partial charge is 0.497 e. The van der Waals surface area contributed by atoms with Crippen LogP contribution in [0, 0.1) is 13.8 Å². The molecule has 0 aliphatic carbocycles. The third-order valence-electron chi connectivity index (χ3n) is 4.96. The van der Waals surface area contributed by atoms with E-state index in [-0.39, 0.29) is 23.8 Å². The number of benzene rings is 2. The second kappa shape index (κ2) is 11.7. The van der Waals surface area contributed by atoms with Gasteiger partial charge >= 0.3 is 0 Å². The van der Waals surface area contributed by atoms with Crippen molar-refractivity contribution in [3.8, 4) is 5.75 Å². The summed E-state index contributed by atoms with van der Waals surface area (Å²) in [5.74, 6) is 0.421. The number of ether oxygens (including phenoxy) is 2. The molecular formula is C23H32N2O5S. The molecule has 0 radical (unpaired) electrons. The Morgan fingerprint density at radius 3 is 2.39 bits per heavy atom. The second-order valence-electron chi connectivity index (χ2n) is 7.17. The summed E-state index contributed by atoms with van der Waals surface area (Å²) in [6.07, 6.45) is 0.757. The highest BCUT2D eigenvalue weighted by atomic mass is 32.2. The predicted molar refractivity (Wildman–Crippen MR) is 122 cm³/mol. The smallest absolute Gasteiger partial charge is 0.264 e. The molecule has 1 amide bonds. The summed E-state index contributed by atoms with van der Waals surface area (Å²) < 4.78 is 38.6. The molecule has 0 aromatic heterocycles. The lowest BCUT2D eigenvalue weighted by Crippen LogP contribution is -2.35. The summed E-state index contributed by atoms with van der Waals surface area (Å²) in [4.78, 5) is 12.5. The Hall–Kier alpha value is -2.58. The molecule has 2 aromatic rings. The van der Waals surface area contributed by atoms with Crippen molar-refractivity contribution in [2.24, 2.45) is 0 Å². The summed E-state index contributed by atoms with van der Waals surface area (Å²) in [5, 5.41) is 2.81. The lowest BCUT2D eigenvalue weighted by Gasteiger charge is -2.25. The van der Waals surface area contributed by atoms with Crippen LogP contribution in [0.15, 0.2) is 47.4 Å². The minimum Gasteiger partial charge on any atom is -0.497 e. The summed E-state index contributed by atoms with van der Waals surface area (Å²) in [5.41, 5.74) is 2.38. The van der Waals surface area contributed by atoms with Crippen molar-refractivity contribution in [1.29, 1.82) is 0 Å². The van der Waals surface area contributed by atoms with Gasteiger partial charge in [0.25, 0.3) is 10.0 Å². The number of hydrogen-bond acceptors (Lipinski definition) is 5. The fourth-order valence-electron chi connectivity index (χ4n) is 2.98. The fraction of sp³-hybridized carbons (Fsp3) is 0.435. The van der Waals surface area contributed by atoms with E-state index in [0.29, 0.717) is 37.6 Å². The lowest BCUT2D eigenvalue weighted by atomic mass is 10.1. The van der Waals surface area contributed by atoms with Crippen LogP contribution in [0.2, 0.25) is 0 Å². The van der Waals surface area contributed by atoms with Crippen LogP contribution in [-0.2, 0) is 19.6 Å². The Labute approximate surface area is 185 Å². The van der Waals surface area contributed by atoms with E-state index in [1.165, 1.54) is 4.31 Å². The number of hydrogen-bond donors (Lipinski definition) is 1. The number of methoxy groups -OCH3 is 1. The number of rotatable bonds is 12. The summed E-state index contributed by atoms with van der Waals surface area (Å²) in [7, 11) is -2.30. The molecule has 0 aliphatic rings. The maximum absolute atomic E-state index is 13.4. The zero-order valence-corrected chi connectivity index (χ0v) is 19.5. The Balaban J connectivity index is 2.20. The van der Waals surface area contributed by atoms with Crippen molar-refractivity contribution in [2.75, 3.05) is 37.7 Å². The molecule has 31 heavy (non-hydrogen) atoms. The average molecular weight is 449 g/mol. The second-order valence-corrected chi connectivity index (χ2v) is 9.03. The Morgan fingerprint density at radius 1 is 1.06 bits per heavy atom. The van der Waals surface area contributed by atoms with Crippen LogP contribution in [0.25, 0.3) is 0 Å². The van der Waals surface area contributed by atoms with Crippen LogP contribution in [0.1, 0.15) is 30.9 Å². The van der Waals surface area contributed by atoms with Crippen LogP contribution in [-0.4, -0.2) is 47.7 Å². The highest BCUT2D eigenvalue weighted by molar-refractivity contribution is 7.92. The van der Waals surface area contributed by atoms with Gasteiger partial charge in [-0.1, -0.05) is 6.07 Å². The molecule has 0 saturated carbocycles. The van der Waals surface area contributed by atoms with Gasteiger partial charge < -0.3 is 14.8 Å². The van der Waals surface area contributed by atoms with Gasteiger partial charge in [-0.25, -0.2) is 8.42 Å². The number of amides is 1. The van der Waals surface area contributed by atoms with E-state index in [0.717, 1.165) is 11.1 Å². The molecule has 170 valence electrons. The van der Waals surface area contributed by atoms with Gasteiger partial charge in [-0.05, 0) is 74.7 Å². The fourth-order valence-corrected chi connectivity index (χ4v) is 4.53. The van der Waals surface area contributed by atoms with Gasteiger partial charge in [-0.2, -0.15) is 0 Å². The number of carbonyl (C=O) groups excluding carboxylic acids is 1. The van der Waals surface area contributed by atoms with Crippen molar-refractivity contribution < 1.29 is 22.7 Å². The Kier molecular flexibility index (Phi) is 9.33. The van der Waals surface area contributed by atoms with E-state index in [4.69, 9.17) is 9.47 Å². The number of aryl methyl sites for hydroxylation is 2. The molecule has 0 bridgehead atoms. The quantitative estimate of drug-likeness (QED) is 0.503. The zero-order valence-electron chi connectivity index (χ0n) is 18.7. The number of nitrogens with zero attached hydrogens (tertiary/aromatic N) is 1. The summed E-state index contributed by atoms with van der Waals surface area (Å²) in [6, 6.07) is 11.8. The van der Waals surface area contributed by atoms with Crippen molar-refractivity contribution in [1.82, 2.24) is 5.32 Å². The first-order valence-corrected chi connectivity index (χ1v) is 11.8. The molecule has 0 saturated heterocycles. The van der Waals surface area contributed by atoms with Gasteiger partial charge in [0.05, 0.1) is 17.7 Å². The first-order chi connectivity index (χ1) is 14.8. The molecule has 1 N–H and O–H groups in total. The van der Waals surface area contributed by atoms with Gasteiger partial charge in [0, 0.05) is 32.7 Å². The third kappa shape index (κ3) is 6.97. The number of carbonyl (C=O) groups is 1. The molecule has 0 aliphatic heterocycles. The monoisotopic (exact) mass is 448 g/mol. The Morgan fingerprint density at radius 2 is 1.77 bits per heavy atom. The van der Waals surface area contributed by atoms with Crippen molar-refractivity contribution in [3.05, 3.63) is 53.6 Å². The van der Waals surface area contributed by atoms with Crippen LogP contribution >= 0.6 is 0 Å². The topological polar surface area (TPSA) is 84.9 Å². The standard InChI is InChI=1S/C23H32N2O5S/c1-5-30-16-6-14-24-23(26)13-15-25(20-8-10-21(29-4)11-9-20)31(27,28)22-12-7-18(2)19(3)17-22/h7-12,17H,5-6,13-16H2,1-4H3,(H,24,26). The van der Waals surface area contributed by atoms with E-state index in [2.05, 4.69) is 5.32 Å². The maximum Gasteiger partial charge on any atom is 0.264 e. The van der Waals surface area contributed by atoms with Gasteiger partial charge in [0.15, 0.2) is 0 Å². The minimum atomic E-state index is -3.85. The van der Waals surface area contributed by atoms with E-state index in [9.17, 15) is 13.2 Å². The Bertz CT molecular complexity index is 958. The predicted octanol–water partition coefficient (Wildman–Crippen LogP) is 3.44. The van der Waals surface area contributed by atoms with Crippen LogP contribution < -0.4 is 14.4 Å². The number of nitrogens with one attached hydrogen (secondary N) is 1. The van der Waals surface area contributed by atoms with E-state index >= 15 is 0 Å². The lowest BCUT2D eigenvalue weighted by molar-refractivity contribution is -0.120. The highest BCUT2D eigenvalue weighted by Gasteiger charge is 2.26. The molecule has 8 heteroatoms. The van der Waals surface area contributed by atoms with E-state index in [1.807, 2.05) is 20.8 Å². The molecule has 0 unspecified atom stereocenters. The molecule has 0 atom stereocenters. The average Bonchev–Trinajstić information content (AvgIpc) is 2.75. The van der Waals surface area contributed by atoms with Crippen molar-refractivity contribution in [3.63, 3.8) is 0 Å². The van der Waals surface area contributed by atoms with Crippen LogP contribution in [0.4, 0.5) is 5.69 Å². The SMILES string of the molecule is CCOCCCNC(=O)CCN(c1ccc(OC)cc1)S(=O)(=O)c1ccc(C)c(C)c1. The number of anilines is 1. The van der Waals surface area contributed by atoms with Gasteiger partial charge in [0.2, 0.25) is 5.91 Å². The van der Waals surface area contributed by atoms with Gasteiger partial charge in [-0.15, -0.1) is 0 Å². The molecule has 0 heterocycles. The third-order valence-corrected chi connectivity index (χ3v) is 6.78. The van der Waals surface area contributed by atoms with E-state index < -0.39 is 10.0 Å². The number of sulfonamides is 1. The van der Waals surface area contributed by atoms with Gasteiger partial charge in [0.1, 0.15) is 5.75 Å². The highest BCUT2D eigenvalue weighted by Crippen LogP contribution is 2.27. The maximum atomic E-state index is 13.4. The van der Waals surface area contributed by atoms with Crippen LogP contribution in [0.3, 0.4) is 0 Å². The normalized spacial score (nSPS) is 11.2. The molecule has 2 aromatic carbocycles. The summed E-state index contributed by atoms with van der Waals surface area (Å²) in [6.45, 7) is 7.47.